The number of aliphatic hydroxyl groups is 1. The predicted octanol–water partition coefficient (Wildman–Crippen LogP) is 0.496. The molecule has 0 aliphatic carbocycles. The number of rotatable bonds is 3. The van der Waals surface area contributed by atoms with Gasteiger partial charge in [0.1, 0.15) is 18.5 Å². The number of para-hydroxylation sites is 1. The Labute approximate surface area is 159 Å². The quantitative estimate of drug-likeness (QED) is 0.775. The minimum atomic E-state index is -2.89. The van der Waals surface area contributed by atoms with Crippen molar-refractivity contribution in [3.8, 4) is 5.75 Å². The van der Waals surface area contributed by atoms with Crippen molar-refractivity contribution >= 4 is 15.7 Å². The minimum Gasteiger partial charge on any atom is -0.490 e. The van der Waals surface area contributed by atoms with E-state index >= 15 is 0 Å². The molecule has 1 amide bonds. The lowest BCUT2D eigenvalue weighted by Gasteiger charge is -2.36. The molecular formula is C19H26N2O5S. The van der Waals surface area contributed by atoms with Crippen molar-refractivity contribution in [2.24, 2.45) is 5.92 Å². The molecule has 148 valence electrons. The van der Waals surface area contributed by atoms with Crippen molar-refractivity contribution in [1.82, 2.24) is 10.2 Å². The minimum absolute atomic E-state index is 0.0468. The van der Waals surface area contributed by atoms with E-state index in [0.717, 1.165) is 18.7 Å². The number of aliphatic hydroxyl groups excluding tert-OH is 1. The van der Waals surface area contributed by atoms with E-state index in [9.17, 15) is 18.3 Å². The molecule has 0 bridgehead atoms. The molecule has 2 saturated heterocycles. The maximum absolute atomic E-state index is 12.8. The maximum atomic E-state index is 12.8. The Hall–Kier alpha value is -1.64. The van der Waals surface area contributed by atoms with Gasteiger partial charge in [-0.3, -0.25) is 9.69 Å². The first-order valence-electron chi connectivity index (χ1n) is 9.57. The molecule has 3 aliphatic heterocycles. The van der Waals surface area contributed by atoms with Gasteiger partial charge in [-0.1, -0.05) is 18.2 Å². The zero-order valence-electron chi connectivity index (χ0n) is 15.2. The van der Waals surface area contributed by atoms with Crippen LogP contribution in [-0.4, -0.2) is 67.7 Å². The van der Waals surface area contributed by atoms with Crippen molar-refractivity contribution in [3.05, 3.63) is 29.8 Å². The highest BCUT2D eigenvalue weighted by Crippen LogP contribution is 2.33. The molecule has 2 fully saturated rings. The number of carbonyl (C=O) groups is 1. The molecule has 4 rings (SSSR count). The summed E-state index contributed by atoms with van der Waals surface area (Å²) in [6.45, 7) is 1.65. The van der Waals surface area contributed by atoms with Crippen LogP contribution in [0, 0.1) is 5.92 Å². The number of nitrogens with one attached hydrogen (secondary N) is 1. The van der Waals surface area contributed by atoms with Gasteiger partial charge in [0.2, 0.25) is 5.91 Å². The van der Waals surface area contributed by atoms with Crippen LogP contribution in [0.4, 0.5) is 0 Å². The van der Waals surface area contributed by atoms with E-state index in [0.29, 0.717) is 25.0 Å². The summed E-state index contributed by atoms with van der Waals surface area (Å²) in [6.07, 6.45) is 1.35. The highest BCUT2D eigenvalue weighted by Gasteiger charge is 2.37. The number of amides is 1. The maximum Gasteiger partial charge on any atom is 0.223 e. The van der Waals surface area contributed by atoms with Gasteiger partial charge in [-0.05, 0) is 38.4 Å². The van der Waals surface area contributed by atoms with Crippen LogP contribution in [0.3, 0.4) is 0 Å². The van der Waals surface area contributed by atoms with Gasteiger partial charge in [0.25, 0.3) is 0 Å². The number of carbonyl (C=O) groups excluding carboxylic acids is 1. The third-order valence-electron chi connectivity index (χ3n) is 5.97. The third-order valence-corrected chi connectivity index (χ3v) is 7.72. The van der Waals surface area contributed by atoms with Gasteiger partial charge in [0.15, 0.2) is 9.84 Å². The van der Waals surface area contributed by atoms with E-state index < -0.39 is 22.0 Å². The lowest BCUT2D eigenvalue weighted by atomic mass is 9.92. The highest BCUT2D eigenvalue weighted by molar-refractivity contribution is 7.91. The zero-order valence-corrected chi connectivity index (χ0v) is 16.0. The Morgan fingerprint density at radius 1 is 1.19 bits per heavy atom. The number of benzene rings is 1. The fraction of sp³-hybridized carbons (Fsp3) is 0.632. The average Bonchev–Trinajstić information content (AvgIpc) is 3.04. The molecule has 2 N–H and O–H groups in total. The van der Waals surface area contributed by atoms with Gasteiger partial charge in [0.05, 0.1) is 17.5 Å². The van der Waals surface area contributed by atoms with E-state index in [-0.39, 0.29) is 36.0 Å². The average molecular weight is 394 g/mol. The van der Waals surface area contributed by atoms with Crippen molar-refractivity contribution in [1.29, 1.82) is 0 Å². The number of hydrogen-bond acceptors (Lipinski definition) is 6. The van der Waals surface area contributed by atoms with Crippen molar-refractivity contribution in [2.45, 2.75) is 37.5 Å². The Balaban J connectivity index is 1.35. The van der Waals surface area contributed by atoms with Gasteiger partial charge in [-0.15, -0.1) is 0 Å². The summed E-state index contributed by atoms with van der Waals surface area (Å²) in [5, 5.41) is 13.3. The number of piperidine rings is 1. The number of sulfone groups is 1. The molecule has 3 atom stereocenters. The Morgan fingerprint density at radius 2 is 1.93 bits per heavy atom. The first-order chi connectivity index (χ1) is 12.9. The number of likely N-dealkylation sites (tertiary alicyclic amines) is 1. The molecule has 0 saturated carbocycles. The summed E-state index contributed by atoms with van der Waals surface area (Å²) >= 11 is 0. The monoisotopic (exact) mass is 394 g/mol. The second-order valence-corrected chi connectivity index (χ2v) is 10.00. The summed E-state index contributed by atoms with van der Waals surface area (Å²) in [5.41, 5.74) is 0.804. The molecular weight excluding hydrogens is 368 g/mol. The van der Waals surface area contributed by atoms with Crippen LogP contribution in [0.1, 0.15) is 30.9 Å². The van der Waals surface area contributed by atoms with Crippen LogP contribution in [0.2, 0.25) is 0 Å². The smallest absolute Gasteiger partial charge is 0.223 e. The van der Waals surface area contributed by atoms with E-state index in [4.69, 9.17) is 4.74 Å². The molecule has 0 aromatic heterocycles. The second-order valence-electron chi connectivity index (χ2n) is 7.77. The van der Waals surface area contributed by atoms with E-state index in [1.807, 2.05) is 24.3 Å². The molecule has 1 unspecified atom stereocenters. The van der Waals surface area contributed by atoms with E-state index in [1.165, 1.54) is 0 Å². The number of ether oxygens (including phenoxy) is 1. The Morgan fingerprint density at radius 3 is 2.63 bits per heavy atom. The van der Waals surface area contributed by atoms with Crippen molar-refractivity contribution in [3.63, 3.8) is 0 Å². The summed E-state index contributed by atoms with van der Waals surface area (Å²) in [6, 6.07) is 7.09. The number of fused-ring (bicyclic) bond motifs is 1. The highest BCUT2D eigenvalue weighted by atomic mass is 32.2. The Bertz CT molecular complexity index is 804. The number of hydrogen-bond donors (Lipinski definition) is 2. The fourth-order valence-electron chi connectivity index (χ4n) is 4.38. The van der Waals surface area contributed by atoms with E-state index in [2.05, 4.69) is 10.2 Å². The topological polar surface area (TPSA) is 95.9 Å². The summed E-state index contributed by atoms with van der Waals surface area (Å²) in [5.74, 6) is 1.06. The Kier molecular flexibility index (Phi) is 5.13. The van der Waals surface area contributed by atoms with Crippen LogP contribution >= 0.6 is 0 Å². The summed E-state index contributed by atoms with van der Waals surface area (Å²) in [7, 11) is -2.89. The standard InChI is InChI=1S/C19H26N2O5S/c22-16-11-26-17-4-2-1-3-15(17)18(16)20-19(23)13-5-8-21(9-6-13)14-7-10-27(24,25)12-14/h1-4,13-14,16,18,22H,5-12H2,(H,20,23)/t14?,16-,18+/m1/s1. The van der Waals surface area contributed by atoms with E-state index in [1.54, 1.807) is 0 Å². The van der Waals surface area contributed by atoms with Crippen LogP contribution in [0.5, 0.6) is 5.75 Å². The van der Waals surface area contributed by atoms with Crippen LogP contribution in [0.15, 0.2) is 24.3 Å². The van der Waals surface area contributed by atoms with Crippen LogP contribution < -0.4 is 10.1 Å². The van der Waals surface area contributed by atoms with Gasteiger partial charge in [0, 0.05) is 17.5 Å². The predicted molar refractivity (Wildman–Crippen MR) is 100 cm³/mol. The normalized spacial score (nSPS) is 31.1. The van der Waals surface area contributed by atoms with Crippen LogP contribution in [0.25, 0.3) is 0 Å². The molecule has 1 aromatic carbocycles. The number of nitrogens with zero attached hydrogens (tertiary/aromatic N) is 1. The second kappa shape index (κ2) is 7.41. The molecule has 0 spiro atoms. The van der Waals surface area contributed by atoms with Gasteiger partial charge in [-0.2, -0.15) is 0 Å². The largest absolute Gasteiger partial charge is 0.490 e. The zero-order chi connectivity index (χ0) is 19.0. The van der Waals surface area contributed by atoms with Gasteiger partial charge in [-0.25, -0.2) is 8.42 Å². The first-order valence-corrected chi connectivity index (χ1v) is 11.4. The molecule has 27 heavy (non-hydrogen) atoms. The summed E-state index contributed by atoms with van der Waals surface area (Å²) in [4.78, 5) is 15.0. The lowest BCUT2D eigenvalue weighted by molar-refractivity contribution is -0.128. The SMILES string of the molecule is O=C(N[C@H]1c2ccccc2OC[C@H]1O)C1CCN(C2CCS(=O)(=O)C2)CC1. The molecule has 1 aromatic rings. The molecule has 8 heteroatoms. The van der Waals surface area contributed by atoms with Crippen molar-refractivity contribution in [2.75, 3.05) is 31.2 Å². The summed E-state index contributed by atoms with van der Waals surface area (Å²) < 4.78 is 28.9. The van der Waals surface area contributed by atoms with Crippen molar-refractivity contribution < 1.29 is 23.1 Å². The first kappa shape index (κ1) is 18.7. The molecule has 0 radical (unpaired) electrons. The van der Waals surface area contributed by atoms with Crippen LogP contribution in [-0.2, 0) is 14.6 Å². The third kappa shape index (κ3) is 3.97. The van der Waals surface area contributed by atoms with Gasteiger partial charge < -0.3 is 15.2 Å². The molecule has 7 nitrogen and oxygen atoms in total. The van der Waals surface area contributed by atoms with Gasteiger partial charge >= 0.3 is 0 Å². The molecule has 3 heterocycles. The fourth-order valence-corrected chi connectivity index (χ4v) is 6.14. The molecule has 3 aliphatic rings. The lowest BCUT2D eigenvalue weighted by Crippen LogP contribution is -2.48.